The average molecular weight is 324 g/mol. The summed E-state index contributed by atoms with van der Waals surface area (Å²) in [4.78, 5) is 14.4. The first-order valence-corrected chi connectivity index (χ1v) is 8.25. The maximum atomic E-state index is 12.5. The van der Waals surface area contributed by atoms with Crippen molar-refractivity contribution in [1.29, 1.82) is 0 Å². The van der Waals surface area contributed by atoms with Crippen LogP contribution in [0.3, 0.4) is 0 Å². The van der Waals surface area contributed by atoms with E-state index < -0.39 is 0 Å². The van der Waals surface area contributed by atoms with Gasteiger partial charge < -0.3 is 14.4 Å². The maximum absolute atomic E-state index is 12.5. The molecule has 1 amide bonds. The van der Waals surface area contributed by atoms with Gasteiger partial charge in [0.25, 0.3) is 5.91 Å². The SMILES string of the molecule is COc1cc(Cl)cc2c1OCC(=O)N(C1CCC(C)CC1)C2. The molecule has 1 aromatic carbocycles. The van der Waals surface area contributed by atoms with Gasteiger partial charge in [-0.15, -0.1) is 0 Å². The highest BCUT2D eigenvalue weighted by atomic mass is 35.5. The van der Waals surface area contributed by atoms with Crippen LogP contribution in [0.1, 0.15) is 38.2 Å². The van der Waals surface area contributed by atoms with Gasteiger partial charge in [0.2, 0.25) is 0 Å². The van der Waals surface area contributed by atoms with E-state index in [4.69, 9.17) is 21.1 Å². The van der Waals surface area contributed by atoms with E-state index in [2.05, 4.69) is 6.92 Å². The number of methoxy groups -OCH3 is 1. The second-order valence-corrected chi connectivity index (χ2v) is 6.76. The molecule has 5 heteroatoms. The molecule has 1 aliphatic heterocycles. The maximum Gasteiger partial charge on any atom is 0.261 e. The molecule has 3 rings (SSSR count). The Labute approximate surface area is 136 Å². The van der Waals surface area contributed by atoms with E-state index in [0.29, 0.717) is 29.1 Å². The van der Waals surface area contributed by atoms with Crippen LogP contribution < -0.4 is 9.47 Å². The van der Waals surface area contributed by atoms with Gasteiger partial charge in [-0.1, -0.05) is 18.5 Å². The minimum absolute atomic E-state index is 0.0499. The van der Waals surface area contributed by atoms with Crippen molar-refractivity contribution in [3.05, 3.63) is 22.7 Å². The van der Waals surface area contributed by atoms with Gasteiger partial charge in [0, 0.05) is 29.2 Å². The lowest BCUT2D eigenvalue weighted by Crippen LogP contribution is -2.42. The molecule has 120 valence electrons. The summed E-state index contributed by atoms with van der Waals surface area (Å²) in [5, 5.41) is 0.603. The molecule has 0 radical (unpaired) electrons. The van der Waals surface area contributed by atoms with Gasteiger partial charge in [0.1, 0.15) is 0 Å². The fraction of sp³-hybridized carbons (Fsp3) is 0.588. The minimum atomic E-state index is 0.0499. The number of carbonyl (C=O) groups excluding carboxylic acids is 1. The van der Waals surface area contributed by atoms with Gasteiger partial charge in [-0.2, -0.15) is 0 Å². The number of rotatable bonds is 2. The largest absolute Gasteiger partial charge is 0.493 e. The Morgan fingerprint density at radius 2 is 2.00 bits per heavy atom. The predicted molar refractivity (Wildman–Crippen MR) is 85.5 cm³/mol. The van der Waals surface area contributed by atoms with E-state index in [0.717, 1.165) is 24.3 Å². The first kappa shape index (κ1) is 15.5. The molecule has 22 heavy (non-hydrogen) atoms. The van der Waals surface area contributed by atoms with Crippen molar-refractivity contribution in [2.45, 2.75) is 45.2 Å². The van der Waals surface area contributed by atoms with Crippen LogP contribution in [0.4, 0.5) is 0 Å². The number of fused-ring (bicyclic) bond motifs is 1. The summed E-state index contributed by atoms with van der Waals surface area (Å²) in [6.45, 7) is 2.89. The summed E-state index contributed by atoms with van der Waals surface area (Å²) in [5.74, 6) is 2.05. The summed E-state index contributed by atoms with van der Waals surface area (Å²) < 4.78 is 11.0. The topological polar surface area (TPSA) is 38.8 Å². The van der Waals surface area contributed by atoms with E-state index in [1.807, 2.05) is 11.0 Å². The first-order valence-electron chi connectivity index (χ1n) is 7.87. The van der Waals surface area contributed by atoms with Gasteiger partial charge in [-0.05, 0) is 37.7 Å². The number of halogens is 1. The monoisotopic (exact) mass is 323 g/mol. The summed E-state index contributed by atoms with van der Waals surface area (Å²) >= 11 is 6.16. The highest BCUT2D eigenvalue weighted by Gasteiger charge is 2.31. The molecule has 0 N–H and O–H groups in total. The van der Waals surface area contributed by atoms with E-state index in [9.17, 15) is 4.79 Å². The van der Waals surface area contributed by atoms with Crippen molar-refractivity contribution < 1.29 is 14.3 Å². The summed E-state index contributed by atoms with van der Waals surface area (Å²) in [7, 11) is 1.59. The minimum Gasteiger partial charge on any atom is -0.493 e. The lowest BCUT2D eigenvalue weighted by molar-refractivity contribution is -0.136. The lowest BCUT2D eigenvalue weighted by atomic mass is 9.86. The smallest absolute Gasteiger partial charge is 0.261 e. The molecule has 1 saturated carbocycles. The number of ether oxygens (including phenoxy) is 2. The predicted octanol–water partition coefficient (Wildman–Crippen LogP) is 3.65. The van der Waals surface area contributed by atoms with Gasteiger partial charge in [-0.25, -0.2) is 0 Å². The molecule has 0 saturated heterocycles. The van der Waals surface area contributed by atoms with Crippen molar-refractivity contribution >= 4 is 17.5 Å². The Hall–Kier alpha value is -1.42. The third kappa shape index (κ3) is 3.02. The summed E-state index contributed by atoms with van der Waals surface area (Å²) in [5.41, 5.74) is 0.925. The molecule has 0 spiro atoms. The molecule has 0 unspecified atom stereocenters. The van der Waals surface area contributed by atoms with E-state index in [1.54, 1.807) is 13.2 Å². The van der Waals surface area contributed by atoms with Crippen LogP contribution in [0.25, 0.3) is 0 Å². The number of carbonyl (C=O) groups is 1. The molecular formula is C17H22ClNO3. The Morgan fingerprint density at radius 3 is 2.68 bits per heavy atom. The summed E-state index contributed by atoms with van der Waals surface area (Å²) in [6.07, 6.45) is 4.50. The van der Waals surface area contributed by atoms with Gasteiger partial charge >= 0.3 is 0 Å². The Bertz CT molecular complexity index is 567. The zero-order valence-electron chi connectivity index (χ0n) is 13.1. The average Bonchev–Trinajstić information content (AvgIpc) is 2.67. The second-order valence-electron chi connectivity index (χ2n) is 6.32. The van der Waals surface area contributed by atoms with E-state index >= 15 is 0 Å². The number of amides is 1. The zero-order valence-corrected chi connectivity index (χ0v) is 13.9. The van der Waals surface area contributed by atoms with Crippen molar-refractivity contribution in [1.82, 2.24) is 4.90 Å². The molecule has 1 aliphatic carbocycles. The van der Waals surface area contributed by atoms with Gasteiger partial charge in [-0.3, -0.25) is 4.79 Å². The molecule has 1 fully saturated rings. The van der Waals surface area contributed by atoms with Crippen LogP contribution in [-0.2, 0) is 11.3 Å². The van der Waals surface area contributed by atoms with Crippen LogP contribution in [0.5, 0.6) is 11.5 Å². The highest BCUT2D eigenvalue weighted by molar-refractivity contribution is 6.30. The van der Waals surface area contributed by atoms with E-state index in [-0.39, 0.29) is 12.5 Å². The Kier molecular flexibility index (Phi) is 4.48. The van der Waals surface area contributed by atoms with Crippen molar-refractivity contribution in [3.63, 3.8) is 0 Å². The third-order valence-electron chi connectivity index (χ3n) is 4.74. The van der Waals surface area contributed by atoms with Crippen LogP contribution in [-0.4, -0.2) is 30.6 Å². The van der Waals surface area contributed by atoms with Crippen LogP contribution in [0.2, 0.25) is 5.02 Å². The molecule has 0 bridgehead atoms. The normalized spacial score (nSPS) is 25.2. The Balaban J connectivity index is 1.88. The molecule has 2 aliphatic rings. The van der Waals surface area contributed by atoms with Crippen molar-refractivity contribution in [3.8, 4) is 11.5 Å². The number of hydrogen-bond donors (Lipinski definition) is 0. The molecular weight excluding hydrogens is 302 g/mol. The number of hydrogen-bond acceptors (Lipinski definition) is 3. The lowest BCUT2D eigenvalue weighted by Gasteiger charge is -2.35. The quantitative estimate of drug-likeness (QED) is 0.834. The van der Waals surface area contributed by atoms with Crippen molar-refractivity contribution in [2.75, 3.05) is 13.7 Å². The molecule has 0 atom stereocenters. The van der Waals surface area contributed by atoms with Crippen molar-refractivity contribution in [2.24, 2.45) is 5.92 Å². The zero-order chi connectivity index (χ0) is 15.7. The molecule has 4 nitrogen and oxygen atoms in total. The number of benzene rings is 1. The van der Waals surface area contributed by atoms with Gasteiger partial charge in [0.15, 0.2) is 18.1 Å². The highest BCUT2D eigenvalue weighted by Crippen LogP contribution is 2.38. The molecule has 1 heterocycles. The number of nitrogens with zero attached hydrogens (tertiary/aromatic N) is 1. The molecule has 1 aromatic rings. The second kappa shape index (κ2) is 6.37. The van der Waals surface area contributed by atoms with E-state index in [1.165, 1.54) is 12.8 Å². The van der Waals surface area contributed by atoms with Crippen LogP contribution in [0, 0.1) is 5.92 Å². The van der Waals surface area contributed by atoms with Gasteiger partial charge in [0.05, 0.1) is 7.11 Å². The Morgan fingerprint density at radius 1 is 1.27 bits per heavy atom. The fourth-order valence-corrected chi connectivity index (χ4v) is 3.66. The first-order chi connectivity index (χ1) is 10.6. The standard InChI is InChI=1S/C17H22ClNO3/c1-11-3-5-14(6-4-11)19-9-12-7-13(18)8-15(21-2)17(12)22-10-16(19)20/h7-8,11,14H,3-6,9-10H2,1-2H3. The van der Waals surface area contributed by atoms with Crippen LogP contribution in [0.15, 0.2) is 12.1 Å². The van der Waals surface area contributed by atoms with Crippen LogP contribution >= 0.6 is 11.6 Å². The summed E-state index contributed by atoms with van der Waals surface area (Å²) in [6, 6.07) is 3.91. The molecule has 0 aromatic heterocycles. The fourth-order valence-electron chi connectivity index (χ4n) is 3.43. The third-order valence-corrected chi connectivity index (χ3v) is 4.96.